The standard InChI is InChI=1S/C22H24BrN7O2/c1-14-19(12-29(25-14)13-20(31)28-8-6-26(2)7-9-28)30-21-16-10-15(23)4-5-17(16)24-11-18(21)27(3)22(30)32/h4-5,10-12H,6-9,13H2,1-3H3. The summed E-state index contributed by atoms with van der Waals surface area (Å²) >= 11 is 3.53. The number of aryl methyl sites for hydroxylation is 2. The number of hydrogen-bond acceptors (Lipinski definition) is 5. The molecule has 0 N–H and O–H groups in total. The zero-order valence-corrected chi connectivity index (χ0v) is 19.8. The first-order chi connectivity index (χ1) is 15.3. The summed E-state index contributed by atoms with van der Waals surface area (Å²) in [7, 11) is 3.80. The van der Waals surface area contributed by atoms with Crippen molar-refractivity contribution in [1.29, 1.82) is 0 Å². The van der Waals surface area contributed by atoms with Gasteiger partial charge in [0.1, 0.15) is 6.54 Å². The van der Waals surface area contributed by atoms with Gasteiger partial charge in [-0.1, -0.05) is 15.9 Å². The van der Waals surface area contributed by atoms with E-state index >= 15 is 0 Å². The summed E-state index contributed by atoms with van der Waals surface area (Å²) in [4.78, 5) is 34.6. The summed E-state index contributed by atoms with van der Waals surface area (Å²) in [6.07, 6.45) is 3.51. The van der Waals surface area contributed by atoms with Gasteiger partial charge >= 0.3 is 5.69 Å². The molecule has 4 aromatic rings. The van der Waals surface area contributed by atoms with Gasteiger partial charge in [-0.15, -0.1) is 0 Å². The van der Waals surface area contributed by atoms with E-state index in [2.05, 4.69) is 38.0 Å². The SMILES string of the molecule is Cc1nn(CC(=O)N2CCN(C)CC2)cc1-n1c(=O)n(C)c2cnc3ccc(Br)cc3c21. The first-order valence-electron chi connectivity index (χ1n) is 10.5. The number of imidazole rings is 1. The van der Waals surface area contributed by atoms with Crippen molar-refractivity contribution in [3.63, 3.8) is 0 Å². The summed E-state index contributed by atoms with van der Waals surface area (Å²) in [6.45, 7) is 5.20. The van der Waals surface area contributed by atoms with Crippen molar-refractivity contribution in [2.24, 2.45) is 7.05 Å². The Bertz CT molecular complexity index is 1410. The predicted molar refractivity (Wildman–Crippen MR) is 126 cm³/mol. The lowest BCUT2D eigenvalue weighted by Gasteiger charge is -2.32. The van der Waals surface area contributed by atoms with Crippen molar-refractivity contribution >= 4 is 43.8 Å². The topological polar surface area (TPSA) is 81.2 Å². The van der Waals surface area contributed by atoms with E-state index in [9.17, 15) is 9.59 Å². The maximum Gasteiger partial charge on any atom is 0.333 e. The summed E-state index contributed by atoms with van der Waals surface area (Å²) < 4.78 is 5.81. The number of amides is 1. The fraction of sp³-hybridized carbons (Fsp3) is 0.364. The van der Waals surface area contributed by atoms with Crippen molar-refractivity contribution in [2.45, 2.75) is 13.5 Å². The number of nitrogens with zero attached hydrogens (tertiary/aromatic N) is 7. The van der Waals surface area contributed by atoms with Gasteiger partial charge in [0, 0.05) is 43.1 Å². The van der Waals surface area contributed by atoms with Crippen LogP contribution in [0.3, 0.4) is 0 Å². The zero-order chi connectivity index (χ0) is 22.6. The van der Waals surface area contributed by atoms with Crippen LogP contribution >= 0.6 is 15.9 Å². The van der Waals surface area contributed by atoms with E-state index in [0.29, 0.717) is 11.4 Å². The number of hydrogen-bond donors (Lipinski definition) is 0. The average Bonchev–Trinajstić information content (AvgIpc) is 3.25. The van der Waals surface area contributed by atoms with Gasteiger partial charge < -0.3 is 9.80 Å². The Balaban J connectivity index is 1.58. The molecule has 0 bridgehead atoms. The Kier molecular flexibility index (Phi) is 5.13. The molecule has 0 atom stereocenters. The molecule has 32 heavy (non-hydrogen) atoms. The molecule has 1 aliphatic rings. The van der Waals surface area contributed by atoms with Crippen LogP contribution in [-0.2, 0) is 18.4 Å². The molecule has 1 saturated heterocycles. The molecule has 1 fully saturated rings. The minimum absolute atomic E-state index is 0.0380. The second-order valence-electron chi connectivity index (χ2n) is 8.31. The van der Waals surface area contributed by atoms with Crippen LogP contribution in [0.25, 0.3) is 27.6 Å². The molecular formula is C22H24BrN7O2. The van der Waals surface area contributed by atoms with E-state index in [1.807, 2.05) is 30.0 Å². The molecule has 0 aliphatic carbocycles. The third-order valence-electron chi connectivity index (χ3n) is 6.16. The van der Waals surface area contributed by atoms with E-state index < -0.39 is 0 Å². The summed E-state index contributed by atoms with van der Waals surface area (Å²) in [6, 6.07) is 5.82. The highest BCUT2D eigenvalue weighted by Crippen LogP contribution is 2.28. The van der Waals surface area contributed by atoms with Gasteiger partial charge in [-0.05, 0) is 32.2 Å². The van der Waals surface area contributed by atoms with Gasteiger partial charge in [-0.2, -0.15) is 5.10 Å². The molecule has 0 saturated carbocycles. The highest BCUT2D eigenvalue weighted by molar-refractivity contribution is 9.10. The van der Waals surface area contributed by atoms with Gasteiger partial charge in [0.05, 0.1) is 40.3 Å². The van der Waals surface area contributed by atoms with Crippen LogP contribution in [0.4, 0.5) is 0 Å². The van der Waals surface area contributed by atoms with Gasteiger partial charge in [0.15, 0.2) is 0 Å². The van der Waals surface area contributed by atoms with Crippen LogP contribution in [0.2, 0.25) is 0 Å². The first kappa shape index (κ1) is 20.9. The Labute approximate surface area is 193 Å². The normalized spacial score (nSPS) is 15.2. The lowest BCUT2D eigenvalue weighted by Crippen LogP contribution is -2.48. The number of piperazine rings is 1. The number of rotatable bonds is 3. The highest BCUT2D eigenvalue weighted by Gasteiger charge is 2.22. The quantitative estimate of drug-likeness (QED) is 0.431. The number of carbonyl (C=O) groups excluding carboxylic acids is 1. The molecule has 1 aliphatic heterocycles. The van der Waals surface area contributed by atoms with Gasteiger partial charge in [0.25, 0.3) is 0 Å². The molecule has 4 heterocycles. The third kappa shape index (κ3) is 3.43. The maximum atomic E-state index is 13.2. The van der Waals surface area contributed by atoms with E-state index in [1.54, 1.807) is 33.3 Å². The second kappa shape index (κ2) is 7.86. The van der Waals surface area contributed by atoms with Crippen molar-refractivity contribution < 1.29 is 4.79 Å². The van der Waals surface area contributed by atoms with E-state index in [4.69, 9.17) is 0 Å². The largest absolute Gasteiger partial charge is 0.339 e. The lowest BCUT2D eigenvalue weighted by atomic mass is 10.2. The summed E-state index contributed by atoms with van der Waals surface area (Å²) in [5.74, 6) is 0.0380. The maximum absolute atomic E-state index is 13.2. The zero-order valence-electron chi connectivity index (χ0n) is 18.2. The number of benzene rings is 1. The first-order valence-corrected chi connectivity index (χ1v) is 11.3. The van der Waals surface area contributed by atoms with Gasteiger partial charge in [-0.3, -0.25) is 23.6 Å². The van der Waals surface area contributed by atoms with Crippen molar-refractivity contribution in [1.82, 2.24) is 33.7 Å². The molecular weight excluding hydrogens is 474 g/mol. The third-order valence-corrected chi connectivity index (χ3v) is 6.65. The molecule has 166 valence electrons. The molecule has 0 unspecified atom stereocenters. The van der Waals surface area contributed by atoms with Gasteiger partial charge in [-0.25, -0.2) is 4.79 Å². The molecule has 0 spiro atoms. The molecule has 5 rings (SSSR count). The van der Waals surface area contributed by atoms with Crippen molar-refractivity contribution in [3.8, 4) is 5.69 Å². The highest BCUT2D eigenvalue weighted by atomic mass is 79.9. The van der Waals surface area contributed by atoms with Crippen LogP contribution in [0.5, 0.6) is 0 Å². The fourth-order valence-corrected chi connectivity index (χ4v) is 4.66. The number of aromatic nitrogens is 5. The van der Waals surface area contributed by atoms with E-state index in [0.717, 1.165) is 52.6 Å². The molecule has 0 radical (unpaired) electrons. The van der Waals surface area contributed by atoms with Crippen LogP contribution in [0, 0.1) is 6.92 Å². The number of likely N-dealkylation sites (N-methyl/N-ethyl adjacent to an activating group) is 1. The molecule has 10 heteroatoms. The molecule has 1 amide bonds. The second-order valence-corrected chi connectivity index (χ2v) is 9.23. The van der Waals surface area contributed by atoms with Crippen molar-refractivity contribution in [2.75, 3.05) is 33.2 Å². The molecule has 3 aromatic heterocycles. The molecule has 9 nitrogen and oxygen atoms in total. The summed E-state index contributed by atoms with van der Waals surface area (Å²) in [5, 5.41) is 5.43. The number of pyridine rings is 1. The number of halogens is 1. The van der Waals surface area contributed by atoms with E-state index in [-0.39, 0.29) is 18.1 Å². The Hall–Kier alpha value is -2.98. The monoisotopic (exact) mass is 497 g/mol. The van der Waals surface area contributed by atoms with Gasteiger partial charge in [0.2, 0.25) is 5.91 Å². The predicted octanol–water partition coefficient (Wildman–Crippen LogP) is 1.92. The minimum Gasteiger partial charge on any atom is -0.339 e. The number of carbonyl (C=O) groups is 1. The Morgan fingerprint density at radius 3 is 2.66 bits per heavy atom. The fourth-order valence-electron chi connectivity index (χ4n) is 4.30. The average molecular weight is 498 g/mol. The van der Waals surface area contributed by atoms with Crippen molar-refractivity contribution in [3.05, 3.63) is 51.2 Å². The number of fused-ring (bicyclic) bond motifs is 3. The Morgan fingerprint density at radius 1 is 1.16 bits per heavy atom. The van der Waals surface area contributed by atoms with Crippen LogP contribution in [0.15, 0.2) is 39.9 Å². The summed E-state index contributed by atoms with van der Waals surface area (Å²) in [5.41, 5.74) is 3.49. The van der Waals surface area contributed by atoms with Crippen LogP contribution in [0.1, 0.15) is 5.69 Å². The van der Waals surface area contributed by atoms with E-state index in [1.165, 1.54) is 0 Å². The minimum atomic E-state index is -0.178. The Morgan fingerprint density at radius 2 is 1.91 bits per heavy atom. The lowest BCUT2D eigenvalue weighted by molar-refractivity contribution is -0.133. The smallest absolute Gasteiger partial charge is 0.333 e. The van der Waals surface area contributed by atoms with Crippen LogP contribution < -0.4 is 5.69 Å². The molecule has 1 aromatic carbocycles. The van der Waals surface area contributed by atoms with Crippen LogP contribution in [-0.4, -0.2) is 72.8 Å².